The number of hydrogen-bond donors (Lipinski definition) is 1. The van der Waals surface area contributed by atoms with Crippen LogP contribution >= 0.6 is 11.6 Å². The number of anilines is 1. The van der Waals surface area contributed by atoms with Crippen molar-refractivity contribution in [1.29, 1.82) is 0 Å². The Balaban J connectivity index is 2.00. The zero-order valence-electron chi connectivity index (χ0n) is 14.4. The zero-order valence-corrected chi connectivity index (χ0v) is 15.9. The highest BCUT2D eigenvalue weighted by Crippen LogP contribution is 2.21. The van der Waals surface area contributed by atoms with Crippen molar-refractivity contribution in [3.8, 4) is 0 Å². The lowest BCUT2D eigenvalue weighted by atomic mass is 10.1. The van der Waals surface area contributed by atoms with Crippen molar-refractivity contribution < 1.29 is 18.4 Å². The Morgan fingerprint density at radius 3 is 2.24 bits per heavy atom. The number of rotatable bonds is 7. The number of sulfonamides is 1. The Kier molecular flexibility index (Phi) is 6.67. The second kappa shape index (κ2) is 8.35. The molecule has 1 aromatic rings. The third-order valence-electron chi connectivity index (χ3n) is 4.42. The van der Waals surface area contributed by atoms with Gasteiger partial charge in [-0.05, 0) is 30.2 Å². The summed E-state index contributed by atoms with van der Waals surface area (Å²) in [7, 11) is -3.57. The molecule has 25 heavy (non-hydrogen) atoms. The van der Waals surface area contributed by atoms with Crippen molar-refractivity contribution in [3.05, 3.63) is 29.3 Å². The fraction of sp³-hybridized carbons (Fsp3) is 0.562. The van der Waals surface area contributed by atoms with Gasteiger partial charge in [0.2, 0.25) is 16.4 Å². The predicted molar refractivity (Wildman–Crippen MR) is 97.3 cm³/mol. The summed E-state index contributed by atoms with van der Waals surface area (Å²) < 4.78 is 26.7. The molecule has 0 saturated carbocycles. The quantitative estimate of drug-likeness (QED) is 0.436. The van der Waals surface area contributed by atoms with Gasteiger partial charge in [0.25, 0.3) is 0 Å². The van der Waals surface area contributed by atoms with E-state index in [0.29, 0.717) is 36.3 Å². The van der Waals surface area contributed by atoms with E-state index in [4.69, 9.17) is 11.6 Å². The highest BCUT2D eigenvalue weighted by Gasteiger charge is 2.32. The average molecular weight is 390 g/mol. The van der Waals surface area contributed by atoms with Crippen molar-refractivity contribution in [2.45, 2.75) is 19.9 Å². The van der Waals surface area contributed by atoms with Crippen molar-refractivity contribution >= 4 is 33.7 Å². The van der Waals surface area contributed by atoms with E-state index in [-0.39, 0.29) is 18.1 Å². The van der Waals surface area contributed by atoms with Gasteiger partial charge in [-0.15, -0.1) is 0 Å². The number of hydrogen-bond acceptors (Lipinski definition) is 5. The van der Waals surface area contributed by atoms with Crippen molar-refractivity contribution in [3.63, 3.8) is 0 Å². The first-order valence-corrected chi connectivity index (χ1v) is 10.1. The minimum atomic E-state index is -3.57. The molecule has 0 aliphatic carbocycles. The van der Waals surface area contributed by atoms with Gasteiger partial charge in [0.05, 0.1) is 11.8 Å². The molecule has 0 radical (unpaired) electrons. The van der Waals surface area contributed by atoms with Gasteiger partial charge in [-0.25, -0.2) is 13.5 Å². The number of halogens is 1. The first-order valence-electron chi connectivity index (χ1n) is 8.15. The van der Waals surface area contributed by atoms with Crippen LogP contribution in [-0.4, -0.2) is 67.4 Å². The van der Waals surface area contributed by atoms with Crippen LogP contribution in [0.25, 0.3) is 0 Å². The smallest absolute Gasteiger partial charge is 0.233 e. The molecule has 2 rings (SSSR count). The molecule has 1 aromatic carbocycles. The van der Waals surface area contributed by atoms with Crippen molar-refractivity contribution in [2.24, 2.45) is 5.92 Å². The molecule has 0 spiro atoms. The van der Waals surface area contributed by atoms with E-state index in [0.717, 1.165) is 5.69 Å². The van der Waals surface area contributed by atoms with Gasteiger partial charge in [-0.3, -0.25) is 10.0 Å². The van der Waals surface area contributed by atoms with Gasteiger partial charge < -0.3 is 4.90 Å². The maximum Gasteiger partial charge on any atom is 0.233 e. The summed E-state index contributed by atoms with van der Waals surface area (Å²) in [4.78, 5) is 12.9. The highest BCUT2D eigenvalue weighted by atomic mass is 35.5. The van der Waals surface area contributed by atoms with Gasteiger partial charge in [-0.2, -0.15) is 4.31 Å². The number of hydroxylamine groups is 2. The molecule has 9 heteroatoms. The summed E-state index contributed by atoms with van der Waals surface area (Å²) >= 11 is 5.89. The average Bonchev–Trinajstić information content (AvgIpc) is 2.59. The van der Waals surface area contributed by atoms with Gasteiger partial charge in [0, 0.05) is 36.9 Å². The fourth-order valence-electron chi connectivity index (χ4n) is 2.85. The Labute approximate surface area is 153 Å². The van der Waals surface area contributed by atoms with Gasteiger partial charge in [0.15, 0.2) is 0 Å². The van der Waals surface area contributed by atoms with Gasteiger partial charge in [-0.1, -0.05) is 25.4 Å². The number of amides is 1. The SMILES string of the molecule is CC(C)[C@@H](CS(=O)(=O)N1CCN(c2ccc(Cl)cc2)CC1)N(O)C=O. The second-order valence-electron chi connectivity index (χ2n) is 6.44. The van der Waals surface area contributed by atoms with Crippen LogP contribution in [0.3, 0.4) is 0 Å². The molecular weight excluding hydrogens is 366 g/mol. The Hall–Kier alpha value is -1.35. The number of carbonyl (C=O) groups excluding carboxylic acids is 1. The molecule has 140 valence electrons. The molecule has 1 aliphatic heterocycles. The van der Waals surface area contributed by atoms with E-state index in [1.807, 2.05) is 24.3 Å². The molecule has 1 heterocycles. The van der Waals surface area contributed by atoms with Crippen LogP contribution in [0.5, 0.6) is 0 Å². The molecule has 0 unspecified atom stereocenters. The third kappa shape index (κ3) is 5.07. The number of carbonyl (C=O) groups is 1. The maximum absolute atomic E-state index is 12.6. The van der Waals surface area contributed by atoms with Crippen LogP contribution in [0.4, 0.5) is 5.69 Å². The van der Waals surface area contributed by atoms with Crippen molar-refractivity contribution in [1.82, 2.24) is 9.37 Å². The molecule has 1 N–H and O–H groups in total. The molecule has 1 atom stereocenters. The van der Waals surface area contributed by atoms with E-state index in [1.165, 1.54) is 4.31 Å². The first-order chi connectivity index (χ1) is 11.7. The molecule has 1 saturated heterocycles. The van der Waals surface area contributed by atoms with Crippen LogP contribution < -0.4 is 4.90 Å². The molecule has 0 bridgehead atoms. The van der Waals surface area contributed by atoms with Gasteiger partial charge in [0.1, 0.15) is 0 Å². The summed E-state index contributed by atoms with van der Waals surface area (Å²) in [5.74, 6) is -0.471. The van der Waals surface area contributed by atoms with Gasteiger partial charge >= 0.3 is 0 Å². The number of nitrogens with zero attached hydrogens (tertiary/aromatic N) is 3. The summed E-state index contributed by atoms with van der Waals surface area (Å²) in [5, 5.41) is 10.7. The van der Waals surface area contributed by atoms with Crippen LogP contribution in [0.15, 0.2) is 24.3 Å². The zero-order chi connectivity index (χ0) is 18.6. The lowest BCUT2D eigenvalue weighted by Crippen LogP contribution is -2.52. The normalized spacial score (nSPS) is 17.6. The van der Waals surface area contributed by atoms with Crippen LogP contribution in [0.2, 0.25) is 5.02 Å². The lowest BCUT2D eigenvalue weighted by molar-refractivity contribution is -0.161. The van der Waals surface area contributed by atoms with Crippen LogP contribution in [0, 0.1) is 5.92 Å². The summed E-state index contributed by atoms with van der Waals surface area (Å²) in [6.07, 6.45) is 0.249. The maximum atomic E-state index is 12.6. The Bertz CT molecular complexity index is 673. The van der Waals surface area contributed by atoms with E-state index in [9.17, 15) is 18.4 Å². The Morgan fingerprint density at radius 2 is 1.76 bits per heavy atom. The van der Waals surface area contributed by atoms with E-state index >= 15 is 0 Å². The van der Waals surface area contributed by atoms with E-state index < -0.39 is 16.1 Å². The third-order valence-corrected chi connectivity index (χ3v) is 6.59. The minimum absolute atomic E-state index is 0.180. The fourth-order valence-corrected chi connectivity index (χ4v) is 4.88. The van der Waals surface area contributed by atoms with E-state index in [1.54, 1.807) is 13.8 Å². The molecule has 1 aliphatic rings. The lowest BCUT2D eigenvalue weighted by Gasteiger charge is -2.36. The predicted octanol–water partition coefficient (Wildman–Crippen LogP) is 1.66. The first kappa shape index (κ1) is 20.0. The topological polar surface area (TPSA) is 81.2 Å². The Morgan fingerprint density at radius 1 is 1.20 bits per heavy atom. The standard InChI is InChI=1S/C16H24ClN3O4S/c1-13(2)16(20(22)12-21)11-25(23,24)19-9-7-18(8-10-19)15-5-3-14(17)4-6-15/h3-6,12-13,16,22H,7-11H2,1-2H3/t16-/m1/s1. The molecule has 0 aromatic heterocycles. The monoisotopic (exact) mass is 389 g/mol. The summed E-state index contributed by atoms with van der Waals surface area (Å²) in [6.45, 7) is 5.41. The number of benzene rings is 1. The molecule has 1 fully saturated rings. The minimum Gasteiger partial charge on any atom is -0.369 e. The van der Waals surface area contributed by atoms with E-state index in [2.05, 4.69) is 4.90 Å². The molecule has 1 amide bonds. The largest absolute Gasteiger partial charge is 0.369 e. The highest BCUT2D eigenvalue weighted by molar-refractivity contribution is 7.89. The second-order valence-corrected chi connectivity index (χ2v) is 8.89. The van der Waals surface area contributed by atoms with Crippen LogP contribution in [-0.2, 0) is 14.8 Å². The summed E-state index contributed by atoms with van der Waals surface area (Å²) in [6, 6.07) is 6.67. The summed E-state index contributed by atoms with van der Waals surface area (Å²) in [5.41, 5.74) is 1.00. The molecular formula is C16H24ClN3O4S. The molecule has 7 nitrogen and oxygen atoms in total. The number of piperazine rings is 1. The van der Waals surface area contributed by atoms with Crippen molar-refractivity contribution in [2.75, 3.05) is 36.8 Å². The van der Waals surface area contributed by atoms with Crippen LogP contribution in [0.1, 0.15) is 13.8 Å².